The smallest absolute Gasteiger partial charge is 0.108 e. The van der Waals surface area contributed by atoms with Crippen molar-refractivity contribution in [2.24, 2.45) is 0 Å². The topological polar surface area (TPSA) is 59.2 Å². The third-order valence-electron chi connectivity index (χ3n) is 1.96. The fraction of sp³-hybridized carbons (Fsp3) is 0.700. The zero-order valence-electron chi connectivity index (χ0n) is 9.38. The predicted molar refractivity (Wildman–Crippen MR) is 57.8 cm³/mol. The van der Waals surface area contributed by atoms with Crippen molar-refractivity contribution in [2.75, 3.05) is 34.0 Å². The van der Waals surface area contributed by atoms with Crippen LogP contribution in [0, 0.1) is 0 Å². The van der Waals surface area contributed by atoms with Crippen molar-refractivity contribution >= 4 is 0 Å². The standard InChI is InChI=1S/C10H19N3O2/c1-11-7-9-8-12-10(13-9)3-4-15-6-5-14-2/h8,11H,3-7H2,1-2H3,(H,12,13). The highest BCUT2D eigenvalue weighted by atomic mass is 16.5. The molecular formula is C10H19N3O2. The van der Waals surface area contributed by atoms with E-state index in [2.05, 4.69) is 15.3 Å². The Morgan fingerprint density at radius 2 is 2.27 bits per heavy atom. The van der Waals surface area contributed by atoms with E-state index in [1.807, 2.05) is 13.2 Å². The number of H-pyrrole nitrogens is 1. The van der Waals surface area contributed by atoms with Gasteiger partial charge in [-0.2, -0.15) is 0 Å². The third-order valence-corrected chi connectivity index (χ3v) is 1.96. The zero-order valence-corrected chi connectivity index (χ0v) is 9.38. The van der Waals surface area contributed by atoms with Gasteiger partial charge in [-0.25, -0.2) is 4.98 Å². The van der Waals surface area contributed by atoms with Crippen LogP contribution in [0.3, 0.4) is 0 Å². The van der Waals surface area contributed by atoms with Crippen LogP contribution in [0.5, 0.6) is 0 Å². The average molecular weight is 213 g/mol. The first-order valence-electron chi connectivity index (χ1n) is 5.11. The highest BCUT2D eigenvalue weighted by Gasteiger charge is 1.99. The van der Waals surface area contributed by atoms with Gasteiger partial charge in [-0.1, -0.05) is 0 Å². The zero-order chi connectivity index (χ0) is 10.9. The first-order chi connectivity index (χ1) is 7.36. The Kier molecular flexibility index (Phi) is 5.99. The van der Waals surface area contributed by atoms with Gasteiger partial charge in [-0.05, 0) is 7.05 Å². The lowest BCUT2D eigenvalue weighted by molar-refractivity contribution is 0.0717. The highest BCUT2D eigenvalue weighted by molar-refractivity contribution is 5.00. The highest BCUT2D eigenvalue weighted by Crippen LogP contribution is 1.97. The summed E-state index contributed by atoms with van der Waals surface area (Å²) >= 11 is 0. The van der Waals surface area contributed by atoms with Crippen molar-refractivity contribution in [3.8, 4) is 0 Å². The SMILES string of the molecule is CNCc1cnc(CCOCCOC)[nH]1. The van der Waals surface area contributed by atoms with Crippen LogP contribution in [-0.2, 0) is 22.4 Å². The van der Waals surface area contributed by atoms with Gasteiger partial charge in [0, 0.05) is 32.0 Å². The molecule has 0 bridgehead atoms. The molecule has 5 nitrogen and oxygen atoms in total. The molecule has 0 spiro atoms. The molecule has 0 aliphatic carbocycles. The molecule has 0 amide bonds. The molecule has 1 rings (SSSR count). The van der Waals surface area contributed by atoms with E-state index < -0.39 is 0 Å². The Morgan fingerprint density at radius 3 is 3.00 bits per heavy atom. The second kappa shape index (κ2) is 7.39. The van der Waals surface area contributed by atoms with Gasteiger partial charge in [0.1, 0.15) is 5.82 Å². The maximum Gasteiger partial charge on any atom is 0.108 e. The summed E-state index contributed by atoms with van der Waals surface area (Å²) in [5.74, 6) is 0.970. The summed E-state index contributed by atoms with van der Waals surface area (Å²) in [7, 11) is 3.58. The minimum atomic E-state index is 0.639. The van der Waals surface area contributed by atoms with Gasteiger partial charge in [0.15, 0.2) is 0 Å². The molecule has 15 heavy (non-hydrogen) atoms. The second-order valence-electron chi connectivity index (χ2n) is 3.24. The van der Waals surface area contributed by atoms with E-state index in [1.54, 1.807) is 7.11 Å². The third kappa shape index (κ3) is 4.92. The summed E-state index contributed by atoms with van der Waals surface area (Å²) in [6, 6.07) is 0. The van der Waals surface area contributed by atoms with Crippen LogP contribution >= 0.6 is 0 Å². The number of ether oxygens (including phenoxy) is 2. The summed E-state index contributed by atoms with van der Waals surface area (Å²) in [6.45, 7) is 2.77. The van der Waals surface area contributed by atoms with Gasteiger partial charge in [0.25, 0.3) is 0 Å². The first kappa shape index (κ1) is 12.2. The lowest BCUT2D eigenvalue weighted by atomic mass is 10.4. The lowest BCUT2D eigenvalue weighted by Crippen LogP contribution is -2.07. The number of methoxy groups -OCH3 is 1. The maximum atomic E-state index is 5.35. The molecule has 2 N–H and O–H groups in total. The van der Waals surface area contributed by atoms with Gasteiger partial charge in [0.05, 0.1) is 19.8 Å². The molecule has 0 aliphatic rings. The van der Waals surface area contributed by atoms with Crippen LogP contribution in [0.4, 0.5) is 0 Å². The first-order valence-corrected chi connectivity index (χ1v) is 5.11. The Labute approximate surface area is 90.2 Å². The molecule has 0 radical (unpaired) electrons. The van der Waals surface area contributed by atoms with Crippen molar-refractivity contribution in [3.63, 3.8) is 0 Å². The van der Waals surface area contributed by atoms with Crippen molar-refractivity contribution < 1.29 is 9.47 Å². The van der Waals surface area contributed by atoms with Gasteiger partial charge in [-0.3, -0.25) is 0 Å². The molecular weight excluding hydrogens is 194 g/mol. The minimum Gasteiger partial charge on any atom is -0.382 e. The van der Waals surface area contributed by atoms with Crippen molar-refractivity contribution in [3.05, 3.63) is 17.7 Å². The summed E-state index contributed by atoms with van der Waals surface area (Å²) in [5.41, 5.74) is 1.10. The Morgan fingerprint density at radius 1 is 1.40 bits per heavy atom. The van der Waals surface area contributed by atoms with E-state index in [4.69, 9.17) is 9.47 Å². The van der Waals surface area contributed by atoms with Crippen LogP contribution < -0.4 is 5.32 Å². The number of rotatable bonds is 8. The summed E-state index contributed by atoms with van der Waals surface area (Å²) in [5, 5.41) is 3.06. The Hall–Kier alpha value is -0.910. The van der Waals surface area contributed by atoms with Crippen LogP contribution in [0.1, 0.15) is 11.5 Å². The number of nitrogens with zero attached hydrogens (tertiary/aromatic N) is 1. The van der Waals surface area contributed by atoms with E-state index in [0.717, 1.165) is 24.5 Å². The molecule has 0 aliphatic heterocycles. The Balaban J connectivity index is 2.14. The molecule has 0 fully saturated rings. The van der Waals surface area contributed by atoms with Crippen LogP contribution in [0.15, 0.2) is 6.20 Å². The maximum absolute atomic E-state index is 5.35. The average Bonchev–Trinajstić information content (AvgIpc) is 2.66. The van der Waals surface area contributed by atoms with Crippen LogP contribution in [-0.4, -0.2) is 43.9 Å². The number of aromatic nitrogens is 2. The molecule has 0 saturated heterocycles. The fourth-order valence-corrected chi connectivity index (χ4v) is 1.23. The van der Waals surface area contributed by atoms with Crippen molar-refractivity contribution in [1.29, 1.82) is 0 Å². The number of hydrogen-bond donors (Lipinski definition) is 2. The predicted octanol–water partition coefficient (Wildman–Crippen LogP) is 0.335. The van der Waals surface area contributed by atoms with Crippen molar-refractivity contribution in [1.82, 2.24) is 15.3 Å². The van der Waals surface area contributed by atoms with E-state index in [1.165, 1.54) is 0 Å². The number of nitrogens with one attached hydrogen (secondary N) is 2. The molecule has 86 valence electrons. The molecule has 1 heterocycles. The summed E-state index contributed by atoms with van der Waals surface area (Å²) in [4.78, 5) is 7.47. The molecule has 5 heteroatoms. The van der Waals surface area contributed by atoms with Gasteiger partial charge < -0.3 is 19.8 Å². The molecule has 0 atom stereocenters. The molecule has 1 aromatic heterocycles. The normalized spacial score (nSPS) is 10.8. The molecule has 0 saturated carbocycles. The fourth-order valence-electron chi connectivity index (χ4n) is 1.23. The van der Waals surface area contributed by atoms with E-state index in [9.17, 15) is 0 Å². The van der Waals surface area contributed by atoms with E-state index in [0.29, 0.717) is 19.8 Å². The lowest BCUT2D eigenvalue weighted by Gasteiger charge is -2.01. The van der Waals surface area contributed by atoms with Crippen LogP contribution in [0.2, 0.25) is 0 Å². The van der Waals surface area contributed by atoms with Gasteiger partial charge in [-0.15, -0.1) is 0 Å². The van der Waals surface area contributed by atoms with Crippen LogP contribution in [0.25, 0.3) is 0 Å². The van der Waals surface area contributed by atoms with Gasteiger partial charge in [0.2, 0.25) is 0 Å². The minimum absolute atomic E-state index is 0.639. The van der Waals surface area contributed by atoms with E-state index in [-0.39, 0.29) is 0 Å². The quantitative estimate of drug-likeness (QED) is 0.611. The summed E-state index contributed by atoms with van der Waals surface area (Å²) in [6.07, 6.45) is 2.66. The molecule has 1 aromatic rings. The number of imidazole rings is 1. The van der Waals surface area contributed by atoms with Crippen molar-refractivity contribution in [2.45, 2.75) is 13.0 Å². The monoisotopic (exact) mass is 213 g/mol. The number of aromatic amines is 1. The Bertz CT molecular complexity index is 263. The van der Waals surface area contributed by atoms with Gasteiger partial charge >= 0.3 is 0 Å². The molecule has 0 aromatic carbocycles. The molecule has 0 unspecified atom stereocenters. The largest absolute Gasteiger partial charge is 0.382 e. The second-order valence-corrected chi connectivity index (χ2v) is 3.24. The number of hydrogen-bond acceptors (Lipinski definition) is 4. The van der Waals surface area contributed by atoms with E-state index >= 15 is 0 Å². The summed E-state index contributed by atoms with van der Waals surface area (Å²) < 4.78 is 10.2.